The number of aromatic nitrogens is 1. The van der Waals surface area contributed by atoms with E-state index in [1.165, 1.54) is 9.13 Å². The van der Waals surface area contributed by atoms with Gasteiger partial charge in [-0.15, -0.1) is 0 Å². The number of rotatable bonds is 4. The minimum atomic E-state index is -0.418. The summed E-state index contributed by atoms with van der Waals surface area (Å²) >= 11 is 2.36. The van der Waals surface area contributed by atoms with E-state index in [2.05, 4.69) is 57.5 Å². The molecule has 0 aliphatic heterocycles. The van der Waals surface area contributed by atoms with Crippen molar-refractivity contribution < 1.29 is 9.21 Å². The zero-order chi connectivity index (χ0) is 20.0. The first-order chi connectivity index (χ1) is 14.1. The third kappa shape index (κ3) is 3.02. The van der Waals surface area contributed by atoms with Crippen molar-refractivity contribution in [1.82, 2.24) is 4.57 Å². The topological polar surface area (TPSA) is 61.2 Å². The van der Waals surface area contributed by atoms with E-state index in [9.17, 15) is 4.79 Å². The van der Waals surface area contributed by atoms with Gasteiger partial charge in [-0.05, 0) is 64.6 Å². The lowest BCUT2D eigenvalue weighted by atomic mass is 10.0. The summed E-state index contributed by atoms with van der Waals surface area (Å²) in [7, 11) is 0. The highest BCUT2D eigenvalue weighted by atomic mass is 127. The quantitative estimate of drug-likeness (QED) is 0.322. The number of hydrogen-bond acceptors (Lipinski definition) is 2. The van der Waals surface area contributed by atoms with Crippen LogP contribution in [0, 0.1) is 3.57 Å². The molecular formula is C24H17IN2O2. The molecule has 5 heteroatoms. The maximum Gasteiger partial charge on any atom is 0.249 e. The smallest absolute Gasteiger partial charge is 0.249 e. The van der Waals surface area contributed by atoms with Crippen LogP contribution in [-0.4, -0.2) is 10.5 Å². The number of hydrogen-bond donors (Lipinski definition) is 1. The molecule has 0 unspecified atom stereocenters. The normalized spacial score (nSPS) is 11.3. The van der Waals surface area contributed by atoms with Crippen LogP contribution >= 0.6 is 22.6 Å². The van der Waals surface area contributed by atoms with Crippen LogP contribution in [0.5, 0.6) is 0 Å². The molecule has 2 N–H and O–H groups in total. The second kappa shape index (κ2) is 7.08. The molecule has 0 saturated carbocycles. The Morgan fingerprint density at radius 2 is 1.83 bits per heavy atom. The Labute approximate surface area is 181 Å². The maximum absolute atomic E-state index is 12.1. The number of amides is 1. The summed E-state index contributed by atoms with van der Waals surface area (Å²) < 4.78 is 9.05. The fraction of sp³-hybridized carbons (Fsp3) is 0.0417. The lowest BCUT2D eigenvalue weighted by Gasteiger charge is -2.10. The van der Waals surface area contributed by atoms with Gasteiger partial charge >= 0.3 is 0 Å². The molecule has 1 amide bonds. The first-order valence-electron chi connectivity index (χ1n) is 9.25. The van der Waals surface area contributed by atoms with Crippen LogP contribution in [-0.2, 0) is 6.54 Å². The van der Waals surface area contributed by atoms with E-state index < -0.39 is 5.91 Å². The fourth-order valence-electron chi connectivity index (χ4n) is 3.91. The van der Waals surface area contributed by atoms with Gasteiger partial charge in [0.15, 0.2) is 0 Å². The van der Waals surface area contributed by atoms with Crippen molar-refractivity contribution in [2.24, 2.45) is 5.73 Å². The first-order valence-corrected chi connectivity index (χ1v) is 10.3. The summed E-state index contributed by atoms with van der Waals surface area (Å²) in [5.41, 5.74) is 10.5. The van der Waals surface area contributed by atoms with E-state index in [0.29, 0.717) is 12.1 Å². The van der Waals surface area contributed by atoms with Gasteiger partial charge in [-0.25, -0.2) is 0 Å². The molecule has 5 aromatic rings. The molecule has 0 radical (unpaired) electrons. The molecular weight excluding hydrogens is 475 g/mol. The van der Waals surface area contributed by atoms with Crippen LogP contribution in [0.3, 0.4) is 0 Å². The SMILES string of the molecule is NC(=O)c1cccc2c1c1ccc(-c3ccco3)cc1n2Cc1ccccc1I. The van der Waals surface area contributed by atoms with Crippen molar-refractivity contribution >= 4 is 50.3 Å². The molecule has 2 heterocycles. The second-order valence-corrected chi connectivity index (χ2v) is 8.11. The summed E-state index contributed by atoms with van der Waals surface area (Å²) in [5, 5.41) is 1.91. The number of nitrogens with two attached hydrogens (primary N) is 1. The van der Waals surface area contributed by atoms with Gasteiger partial charge in [0.25, 0.3) is 0 Å². The average Bonchev–Trinajstić information content (AvgIpc) is 3.36. The molecule has 142 valence electrons. The number of halogens is 1. The highest BCUT2D eigenvalue weighted by Crippen LogP contribution is 2.35. The molecule has 4 nitrogen and oxygen atoms in total. The Bertz CT molecular complexity index is 1370. The minimum absolute atomic E-state index is 0.418. The van der Waals surface area contributed by atoms with Crippen molar-refractivity contribution in [2.75, 3.05) is 0 Å². The van der Waals surface area contributed by atoms with Crippen molar-refractivity contribution in [3.63, 3.8) is 0 Å². The number of nitrogens with zero attached hydrogens (tertiary/aromatic N) is 1. The van der Waals surface area contributed by atoms with Gasteiger partial charge in [0, 0.05) is 32.0 Å². The Morgan fingerprint density at radius 1 is 0.966 bits per heavy atom. The van der Waals surface area contributed by atoms with Crippen LogP contribution in [0.4, 0.5) is 0 Å². The summed E-state index contributed by atoms with van der Waals surface area (Å²) in [4.78, 5) is 12.1. The molecule has 0 bridgehead atoms. The highest BCUT2D eigenvalue weighted by Gasteiger charge is 2.18. The number of furan rings is 1. The third-order valence-electron chi connectivity index (χ3n) is 5.25. The number of carbonyl (C=O) groups is 1. The van der Waals surface area contributed by atoms with Crippen molar-refractivity contribution in [3.05, 3.63) is 93.8 Å². The fourth-order valence-corrected chi connectivity index (χ4v) is 4.47. The zero-order valence-electron chi connectivity index (χ0n) is 15.4. The zero-order valence-corrected chi connectivity index (χ0v) is 17.6. The first kappa shape index (κ1) is 18.0. The maximum atomic E-state index is 12.1. The van der Waals surface area contributed by atoms with E-state index in [-0.39, 0.29) is 0 Å². The van der Waals surface area contributed by atoms with Gasteiger partial charge in [-0.3, -0.25) is 4.79 Å². The number of primary amides is 1. The highest BCUT2D eigenvalue weighted by molar-refractivity contribution is 14.1. The largest absolute Gasteiger partial charge is 0.464 e. The van der Waals surface area contributed by atoms with Gasteiger partial charge in [0.1, 0.15) is 5.76 Å². The Morgan fingerprint density at radius 3 is 2.59 bits per heavy atom. The van der Waals surface area contributed by atoms with Crippen LogP contribution < -0.4 is 5.73 Å². The van der Waals surface area contributed by atoms with Crippen molar-refractivity contribution in [2.45, 2.75) is 6.54 Å². The van der Waals surface area contributed by atoms with E-state index >= 15 is 0 Å². The van der Waals surface area contributed by atoms with Crippen LogP contribution in [0.25, 0.3) is 33.1 Å². The van der Waals surface area contributed by atoms with Gasteiger partial charge in [-0.2, -0.15) is 0 Å². The van der Waals surface area contributed by atoms with Crippen LogP contribution in [0.15, 0.2) is 83.5 Å². The lowest BCUT2D eigenvalue weighted by Crippen LogP contribution is -2.11. The second-order valence-electron chi connectivity index (χ2n) is 6.95. The minimum Gasteiger partial charge on any atom is -0.464 e. The van der Waals surface area contributed by atoms with E-state index in [1.807, 2.05) is 36.4 Å². The van der Waals surface area contributed by atoms with E-state index in [4.69, 9.17) is 10.2 Å². The van der Waals surface area contributed by atoms with Crippen molar-refractivity contribution in [3.8, 4) is 11.3 Å². The van der Waals surface area contributed by atoms with Gasteiger partial charge < -0.3 is 14.7 Å². The number of carbonyl (C=O) groups excluding carboxylic acids is 1. The van der Waals surface area contributed by atoms with E-state index in [1.54, 1.807) is 12.3 Å². The summed E-state index contributed by atoms with van der Waals surface area (Å²) in [6.07, 6.45) is 1.67. The predicted octanol–water partition coefficient (Wildman–Crippen LogP) is 5.81. The standard InChI is InChI=1S/C24H17IN2O2/c25-19-7-2-1-5-16(19)14-27-20-8-3-6-18(24(26)28)23(20)17-11-10-15(13-21(17)27)22-9-4-12-29-22/h1-13H,14H2,(H2,26,28). The molecule has 2 aromatic heterocycles. The predicted molar refractivity (Wildman–Crippen MR) is 124 cm³/mol. The van der Waals surface area contributed by atoms with Gasteiger partial charge in [-0.1, -0.05) is 36.4 Å². The number of benzene rings is 3. The van der Waals surface area contributed by atoms with Gasteiger partial charge in [0.05, 0.1) is 17.3 Å². The molecule has 0 aliphatic rings. The molecule has 0 spiro atoms. The summed E-state index contributed by atoms with van der Waals surface area (Å²) in [6, 6.07) is 24.1. The third-order valence-corrected chi connectivity index (χ3v) is 6.30. The monoisotopic (exact) mass is 492 g/mol. The van der Waals surface area contributed by atoms with Gasteiger partial charge in [0.2, 0.25) is 5.91 Å². The Balaban J connectivity index is 1.84. The molecule has 0 fully saturated rings. The number of fused-ring (bicyclic) bond motifs is 3. The molecule has 5 rings (SSSR count). The van der Waals surface area contributed by atoms with Crippen LogP contribution in [0.1, 0.15) is 15.9 Å². The summed E-state index contributed by atoms with van der Waals surface area (Å²) in [5.74, 6) is 0.396. The molecule has 3 aromatic carbocycles. The molecule has 0 atom stereocenters. The lowest BCUT2D eigenvalue weighted by molar-refractivity contribution is 0.100. The summed E-state index contributed by atoms with van der Waals surface area (Å²) in [6.45, 7) is 0.697. The molecule has 0 aliphatic carbocycles. The van der Waals surface area contributed by atoms with Crippen molar-refractivity contribution in [1.29, 1.82) is 0 Å². The molecule has 29 heavy (non-hydrogen) atoms. The Hall–Kier alpha value is -3.06. The average molecular weight is 492 g/mol. The van der Waals surface area contributed by atoms with E-state index in [0.717, 1.165) is 33.1 Å². The van der Waals surface area contributed by atoms with Crippen LogP contribution in [0.2, 0.25) is 0 Å². The molecule has 0 saturated heterocycles. The Kier molecular flexibility index (Phi) is 4.39.